The van der Waals surface area contributed by atoms with Crippen LogP contribution in [0.5, 0.6) is 5.75 Å². The van der Waals surface area contributed by atoms with Crippen LogP contribution in [0.2, 0.25) is 0 Å². The van der Waals surface area contributed by atoms with E-state index in [-0.39, 0.29) is 18.0 Å². The molecule has 1 aliphatic rings. The number of nitrogens with two attached hydrogens (primary N) is 1. The van der Waals surface area contributed by atoms with Crippen LogP contribution in [-0.2, 0) is 4.79 Å². The van der Waals surface area contributed by atoms with Gasteiger partial charge in [-0.2, -0.15) is 0 Å². The SMILES string of the molecule is CC(CC(N)=O)NC1CCOc2ccccc21. The van der Waals surface area contributed by atoms with E-state index in [0.717, 1.165) is 17.7 Å². The lowest BCUT2D eigenvalue weighted by Gasteiger charge is -2.29. The molecule has 1 aromatic rings. The zero-order valence-corrected chi connectivity index (χ0v) is 9.98. The van der Waals surface area contributed by atoms with Crippen LogP contribution in [0.1, 0.15) is 31.4 Å². The molecular weight excluding hydrogens is 216 g/mol. The minimum atomic E-state index is -0.273. The molecule has 1 aliphatic heterocycles. The van der Waals surface area contributed by atoms with Crippen molar-refractivity contribution in [2.45, 2.75) is 31.8 Å². The maximum Gasteiger partial charge on any atom is 0.218 e. The first-order valence-corrected chi connectivity index (χ1v) is 5.93. The molecule has 1 aromatic carbocycles. The molecule has 17 heavy (non-hydrogen) atoms. The number of nitrogens with one attached hydrogen (secondary N) is 1. The van der Waals surface area contributed by atoms with Crippen LogP contribution in [0.25, 0.3) is 0 Å². The van der Waals surface area contributed by atoms with Gasteiger partial charge in [-0.3, -0.25) is 4.79 Å². The zero-order valence-electron chi connectivity index (χ0n) is 9.98. The summed E-state index contributed by atoms with van der Waals surface area (Å²) in [6, 6.07) is 8.33. The standard InChI is InChI=1S/C13H18N2O2/c1-9(8-13(14)16)15-11-6-7-17-12-5-3-2-4-10(11)12/h2-5,9,11,15H,6-8H2,1H3,(H2,14,16). The summed E-state index contributed by atoms with van der Waals surface area (Å²) < 4.78 is 5.58. The molecule has 4 nitrogen and oxygen atoms in total. The number of primary amides is 1. The Kier molecular flexibility index (Phi) is 3.64. The second-order valence-corrected chi connectivity index (χ2v) is 4.47. The fourth-order valence-corrected chi connectivity index (χ4v) is 2.22. The molecule has 3 N–H and O–H groups in total. The van der Waals surface area contributed by atoms with Crippen molar-refractivity contribution in [1.82, 2.24) is 5.32 Å². The molecule has 2 atom stereocenters. The topological polar surface area (TPSA) is 64.4 Å². The molecule has 4 heteroatoms. The van der Waals surface area contributed by atoms with E-state index in [1.54, 1.807) is 0 Å². The third-order valence-electron chi connectivity index (χ3n) is 2.95. The van der Waals surface area contributed by atoms with Gasteiger partial charge >= 0.3 is 0 Å². The normalized spacial score (nSPS) is 20.2. The second-order valence-electron chi connectivity index (χ2n) is 4.47. The summed E-state index contributed by atoms with van der Waals surface area (Å²) >= 11 is 0. The van der Waals surface area contributed by atoms with Crippen molar-refractivity contribution in [3.63, 3.8) is 0 Å². The van der Waals surface area contributed by atoms with Gasteiger partial charge in [-0.05, 0) is 13.0 Å². The highest BCUT2D eigenvalue weighted by atomic mass is 16.5. The van der Waals surface area contributed by atoms with Crippen LogP contribution < -0.4 is 15.8 Å². The molecule has 1 heterocycles. The van der Waals surface area contributed by atoms with Crippen molar-refractivity contribution in [3.8, 4) is 5.75 Å². The summed E-state index contributed by atoms with van der Waals surface area (Å²) in [6.45, 7) is 2.68. The van der Waals surface area contributed by atoms with Gasteiger partial charge in [0, 0.05) is 30.5 Å². The summed E-state index contributed by atoms with van der Waals surface area (Å²) in [5.74, 6) is 0.660. The molecule has 0 aliphatic carbocycles. The van der Waals surface area contributed by atoms with Crippen LogP contribution in [0.3, 0.4) is 0 Å². The molecule has 2 unspecified atom stereocenters. The van der Waals surface area contributed by atoms with Gasteiger partial charge in [0.15, 0.2) is 0 Å². The summed E-state index contributed by atoms with van der Waals surface area (Å²) in [4.78, 5) is 10.9. The predicted molar refractivity (Wildman–Crippen MR) is 65.7 cm³/mol. The number of ether oxygens (including phenoxy) is 1. The van der Waals surface area contributed by atoms with E-state index in [4.69, 9.17) is 10.5 Å². The summed E-state index contributed by atoms with van der Waals surface area (Å²) in [5.41, 5.74) is 6.35. The Balaban J connectivity index is 2.05. The van der Waals surface area contributed by atoms with E-state index in [2.05, 4.69) is 11.4 Å². The largest absolute Gasteiger partial charge is 0.493 e. The molecule has 0 bridgehead atoms. The van der Waals surface area contributed by atoms with Gasteiger partial charge in [0.05, 0.1) is 6.61 Å². The van der Waals surface area contributed by atoms with Crippen LogP contribution >= 0.6 is 0 Å². The number of para-hydroxylation sites is 1. The Morgan fingerprint density at radius 3 is 3.12 bits per heavy atom. The highest BCUT2D eigenvalue weighted by Crippen LogP contribution is 2.31. The first-order valence-electron chi connectivity index (χ1n) is 5.93. The van der Waals surface area contributed by atoms with E-state index in [1.807, 2.05) is 25.1 Å². The number of carbonyl (C=O) groups is 1. The number of fused-ring (bicyclic) bond motifs is 1. The van der Waals surface area contributed by atoms with Crippen molar-refractivity contribution in [1.29, 1.82) is 0 Å². The molecule has 2 rings (SSSR count). The highest BCUT2D eigenvalue weighted by molar-refractivity contribution is 5.74. The molecule has 0 radical (unpaired) electrons. The van der Waals surface area contributed by atoms with Gasteiger partial charge in [-0.15, -0.1) is 0 Å². The smallest absolute Gasteiger partial charge is 0.218 e. The number of amides is 1. The van der Waals surface area contributed by atoms with Crippen LogP contribution in [0.15, 0.2) is 24.3 Å². The molecule has 0 saturated heterocycles. The molecule has 0 spiro atoms. The Hall–Kier alpha value is -1.55. The van der Waals surface area contributed by atoms with Gasteiger partial charge in [0.1, 0.15) is 5.75 Å². The number of hydrogen-bond acceptors (Lipinski definition) is 3. The van der Waals surface area contributed by atoms with Gasteiger partial charge in [0.2, 0.25) is 5.91 Å². The molecule has 0 aromatic heterocycles. The minimum absolute atomic E-state index is 0.0867. The third kappa shape index (κ3) is 2.97. The van der Waals surface area contributed by atoms with Gasteiger partial charge in [-0.1, -0.05) is 18.2 Å². The molecule has 0 saturated carbocycles. The maximum atomic E-state index is 10.9. The number of hydrogen-bond donors (Lipinski definition) is 2. The van der Waals surface area contributed by atoms with Crippen LogP contribution in [0.4, 0.5) is 0 Å². The predicted octanol–water partition coefficient (Wildman–Crippen LogP) is 1.36. The lowest BCUT2D eigenvalue weighted by molar-refractivity contribution is -0.118. The Labute approximate surface area is 101 Å². The minimum Gasteiger partial charge on any atom is -0.493 e. The zero-order chi connectivity index (χ0) is 12.3. The lowest BCUT2D eigenvalue weighted by Crippen LogP contribution is -2.36. The van der Waals surface area contributed by atoms with Gasteiger partial charge in [0.25, 0.3) is 0 Å². The van der Waals surface area contributed by atoms with Crippen molar-refractivity contribution < 1.29 is 9.53 Å². The summed E-state index contributed by atoms with van der Waals surface area (Å²) in [7, 11) is 0. The average Bonchev–Trinajstić information content (AvgIpc) is 2.28. The average molecular weight is 234 g/mol. The number of rotatable bonds is 4. The van der Waals surface area contributed by atoms with Crippen molar-refractivity contribution in [2.75, 3.05) is 6.61 Å². The first kappa shape index (κ1) is 11.9. The number of benzene rings is 1. The van der Waals surface area contributed by atoms with Crippen molar-refractivity contribution in [3.05, 3.63) is 29.8 Å². The van der Waals surface area contributed by atoms with E-state index >= 15 is 0 Å². The fraction of sp³-hybridized carbons (Fsp3) is 0.462. The maximum absolute atomic E-state index is 10.9. The summed E-state index contributed by atoms with van der Waals surface area (Å²) in [6.07, 6.45) is 1.28. The van der Waals surface area contributed by atoms with E-state index in [9.17, 15) is 4.79 Å². The second kappa shape index (κ2) is 5.19. The molecule has 0 fully saturated rings. The van der Waals surface area contributed by atoms with Gasteiger partial charge in [-0.25, -0.2) is 0 Å². The summed E-state index contributed by atoms with van der Waals surface area (Å²) in [5, 5.41) is 3.43. The quantitative estimate of drug-likeness (QED) is 0.826. The van der Waals surface area contributed by atoms with E-state index in [0.29, 0.717) is 13.0 Å². The van der Waals surface area contributed by atoms with Crippen molar-refractivity contribution in [2.24, 2.45) is 5.73 Å². The fourth-order valence-electron chi connectivity index (χ4n) is 2.22. The monoisotopic (exact) mass is 234 g/mol. The van der Waals surface area contributed by atoms with Crippen LogP contribution in [0, 0.1) is 0 Å². The van der Waals surface area contributed by atoms with Crippen LogP contribution in [-0.4, -0.2) is 18.6 Å². The van der Waals surface area contributed by atoms with Gasteiger partial charge < -0.3 is 15.8 Å². The number of carbonyl (C=O) groups excluding carboxylic acids is 1. The Bertz CT molecular complexity index is 406. The third-order valence-corrected chi connectivity index (χ3v) is 2.95. The Morgan fingerprint density at radius 1 is 1.59 bits per heavy atom. The highest BCUT2D eigenvalue weighted by Gasteiger charge is 2.22. The molecule has 92 valence electrons. The first-order chi connectivity index (χ1) is 8.16. The molecule has 1 amide bonds. The van der Waals surface area contributed by atoms with E-state index < -0.39 is 0 Å². The lowest BCUT2D eigenvalue weighted by atomic mass is 9.99. The Morgan fingerprint density at radius 2 is 2.35 bits per heavy atom. The molecular formula is C13H18N2O2. The van der Waals surface area contributed by atoms with E-state index in [1.165, 1.54) is 0 Å². The van der Waals surface area contributed by atoms with Crippen molar-refractivity contribution >= 4 is 5.91 Å².